The highest BCUT2D eigenvalue weighted by molar-refractivity contribution is 5.99. The van der Waals surface area contributed by atoms with Crippen LogP contribution < -0.4 is 5.32 Å². The number of aromatic nitrogens is 1. The average molecular weight is 291 g/mol. The van der Waals surface area contributed by atoms with Gasteiger partial charge in [-0.25, -0.2) is 0 Å². The van der Waals surface area contributed by atoms with Gasteiger partial charge in [0.15, 0.2) is 0 Å². The van der Waals surface area contributed by atoms with Crippen LogP contribution in [-0.2, 0) is 0 Å². The van der Waals surface area contributed by atoms with E-state index in [0.29, 0.717) is 5.56 Å². The SMILES string of the molecule is CCCCN(C(=O)c1cnccc1NCCC)C(C)CC. The molecule has 0 saturated heterocycles. The lowest BCUT2D eigenvalue weighted by Gasteiger charge is -2.29. The van der Waals surface area contributed by atoms with Crippen molar-refractivity contribution in [3.8, 4) is 0 Å². The van der Waals surface area contributed by atoms with Gasteiger partial charge in [0.25, 0.3) is 5.91 Å². The van der Waals surface area contributed by atoms with Crippen molar-refractivity contribution >= 4 is 11.6 Å². The molecular formula is C17H29N3O. The number of nitrogens with one attached hydrogen (secondary N) is 1. The van der Waals surface area contributed by atoms with Gasteiger partial charge in [-0.05, 0) is 32.3 Å². The van der Waals surface area contributed by atoms with Gasteiger partial charge >= 0.3 is 0 Å². The highest BCUT2D eigenvalue weighted by Gasteiger charge is 2.22. The van der Waals surface area contributed by atoms with Gasteiger partial charge in [-0.1, -0.05) is 27.2 Å². The van der Waals surface area contributed by atoms with Crippen LogP contribution in [-0.4, -0.2) is 34.9 Å². The lowest BCUT2D eigenvalue weighted by Crippen LogP contribution is -2.39. The maximum atomic E-state index is 12.9. The zero-order valence-corrected chi connectivity index (χ0v) is 13.9. The summed E-state index contributed by atoms with van der Waals surface area (Å²) in [4.78, 5) is 19.0. The average Bonchev–Trinajstić information content (AvgIpc) is 2.52. The number of carbonyl (C=O) groups excluding carboxylic acids is 1. The normalized spacial score (nSPS) is 12.0. The third kappa shape index (κ3) is 5.03. The number of unbranched alkanes of at least 4 members (excludes halogenated alkanes) is 1. The predicted octanol–water partition coefficient (Wildman–Crippen LogP) is 3.94. The van der Waals surface area contributed by atoms with E-state index in [9.17, 15) is 4.79 Å². The maximum absolute atomic E-state index is 12.9. The van der Waals surface area contributed by atoms with Crippen LogP contribution >= 0.6 is 0 Å². The fraction of sp³-hybridized carbons (Fsp3) is 0.647. The molecule has 1 aromatic rings. The summed E-state index contributed by atoms with van der Waals surface area (Å²) >= 11 is 0. The molecule has 1 N–H and O–H groups in total. The maximum Gasteiger partial charge on any atom is 0.257 e. The predicted molar refractivity (Wildman–Crippen MR) is 88.7 cm³/mol. The molecule has 1 aromatic heterocycles. The number of amides is 1. The van der Waals surface area contributed by atoms with E-state index in [2.05, 4.69) is 38.0 Å². The first kappa shape index (κ1) is 17.5. The van der Waals surface area contributed by atoms with Crippen LogP contribution in [0.15, 0.2) is 18.5 Å². The Balaban J connectivity index is 2.96. The summed E-state index contributed by atoms with van der Waals surface area (Å²) in [6.45, 7) is 10.2. The number of hydrogen-bond donors (Lipinski definition) is 1. The van der Waals surface area contributed by atoms with Crippen molar-refractivity contribution in [3.05, 3.63) is 24.0 Å². The molecule has 1 heterocycles. The van der Waals surface area contributed by atoms with E-state index in [4.69, 9.17) is 0 Å². The molecule has 1 atom stereocenters. The second kappa shape index (κ2) is 9.37. The van der Waals surface area contributed by atoms with Gasteiger partial charge in [0.2, 0.25) is 0 Å². The van der Waals surface area contributed by atoms with Crippen LogP contribution in [0.4, 0.5) is 5.69 Å². The molecule has 1 unspecified atom stereocenters. The first-order valence-electron chi connectivity index (χ1n) is 8.14. The quantitative estimate of drug-likeness (QED) is 0.749. The highest BCUT2D eigenvalue weighted by atomic mass is 16.2. The van der Waals surface area contributed by atoms with Crippen LogP contribution in [0.2, 0.25) is 0 Å². The smallest absolute Gasteiger partial charge is 0.257 e. The summed E-state index contributed by atoms with van der Waals surface area (Å²) in [5.74, 6) is 0.0875. The molecule has 0 bridgehead atoms. The van der Waals surface area contributed by atoms with Crippen LogP contribution in [0.3, 0.4) is 0 Å². The largest absolute Gasteiger partial charge is 0.384 e. The minimum absolute atomic E-state index is 0.0875. The molecule has 4 nitrogen and oxygen atoms in total. The van der Waals surface area contributed by atoms with Crippen molar-refractivity contribution in [2.75, 3.05) is 18.4 Å². The number of rotatable bonds is 9. The molecule has 0 fully saturated rings. The zero-order valence-electron chi connectivity index (χ0n) is 13.9. The zero-order chi connectivity index (χ0) is 15.7. The van der Waals surface area contributed by atoms with Crippen molar-refractivity contribution in [2.24, 2.45) is 0 Å². The van der Waals surface area contributed by atoms with Gasteiger partial charge in [-0.3, -0.25) is 9.78 Å². The van der Waals surface area contributed by atoms with Crippen LogP contribution in [0.1, 0.15) is 63.7 Å². The van der Waals surface area contributed by atoms with E-state index < -0.39 is 0 Å². The lowest BCUT2D eigenvalue weighted by atomic mass is 10.1. The Labute approximate surface area is 129 Å². The van der Waals surface area contributed by atoms with E-state index >= 15 is 0 Å². The molecule has 21 heavy (non-hydrogen) atoms. The number of hydrogen-bond acceptors (Lipinski definition) is 3. The third-order valence-electron chi connectivity index (χ3n) is 3.75. The van der Waals surface area contributed by atoms with Gasteiger partial charge in [0.1, 0.15) is 0 Å². The van der Waals surface area contributed by atoms with Gasteiger partial charge in [-0.2, -0.15) is 0 Å². The Morgan fingerprint density at radius 2 is 2.10 bits per heavy atom. The molecule has 0 aliphatic heterocycles. The van der Waals surface area contributed by atoms with E-state index in [0.717, 1.165) is 44.5 Å². The fourth-order valence-corrected chi connectivity index (χ4v) is 2.20. The molecule has 118 valence electrons. The molecule has 1 rings (SSSR count). The highest BCUT2D eigenvalue weighted by Crippen LogP contribution is 2.19. The van der Waals surface area contributed by atoms with Crippen molar-refractivity contribution in [1.82, 2.24) is 9.88 Å². The number of nitrogens with zero attached hydrogens (tertiary/aromatic N) is 2. The molecule has 0 aliphatic carbocycles. The Morgan fingerprint density at radius 1 is 1.33 bits per heavy atom. The third-order valence-corrected chi connectivity index (χ3v) is 3.75. The van der Waals surface area contributed by atoms with Gasteiger partial charge in [0, 0.05) is 31.5 Å². The molecular weight excluding hydrogens is 262 g/mol. The summed E-state index contributed by atoms with van der Waals surface area (Å²) in [7, 11) is 0. The minimum Gasteiger partial charge on any atom is -0.384 e. The first-order valence-corrected chi connectivity index (χ1v) is 8.14. The number of carbonyl (C=O) groups is 1. The van der Waals surface area contributed by atoms with Crippen LogP contribution in [0.25, 0.3) is 0 Å². The van der Waals surface area contributed by atoms with Gasteiger partial charge in [0.05, 0.1) is 11.3 Å². The summed E-state index contributed by atoms with van der Waals surface area (Å²) < 4.78 is 0. The van der Waals surface area contributed by atoms with Crippen molar-refractivity contribution in [3.63, 3.8) is 0 Å². The summed E-state index contributed by atoms with van der Waals surface area (Å²) in [5.41, 5.74) is 1.57. The molecule has 1 amide bonds. The Morgan fingerprint density at radius 3 is 2.71 bits per heavy atom. The minimum atomic E-state index is 0.0875. The van der Waals surface area contributed by atoms with Gasteiger partial charge in [-0.15, -0.1) is 0 Å². The molecule has 0 aromatic carbocycles. The molecule has 0 aliphatic rings. The van der Waals surface area contributed by atoms with Gasteiger partial charge < -0.3 is 10.2 Å². The summed E-state index contributed by atoms with van der Waals surface area (Å²) in [6, 6.07) is 2.14. The summed E-state index contributed by atoms with van der Waals surface area (Å²) in [6.07, 6.45) is 7.53. The van der Waals surface area contributed by atoms with Crippen molar-refractivity contribution < 1.29 is 4.79 Å². The Bertz CT molecular complexity index is 434. The summed E-state index contributed by atoms with van der Waals surface area (Å²) in [5, 5.41) is 3.32. The molecule has 4 heteroatoms. The lowest BCUT2D eigenvalue weighted by molar-refractivity contribution is 0.0686. The number of pyridine rings is 1. The van der Waals surface area contributed by atoms with Crippen molar-refractivity contribution in [1.29, 1.82) is 0 Å². The van der Waals surface area contributed by atoms with Crippen LogP contribution in [0.5, 0.6) is 0 Å². The van der Waals surface area contributed by atoms with E-state index in [1.54, 1.807) is 12.4 Å². The Hall–Kier alpha value is -1.58. The molecule has 0 spiro atoms. The van der Waals surface area contributed by atoms with Crippen molar-refractivity contribution in [2.45, 2.75) is 59.4 Å². The standard InChI is InChI=1S/C17H29N3O/c1-5-8-12-20(14(4)7-3)17(21)15-13-18-11-9-16(15)19-10-6-2/h9,11,13-14H,5-8,10,12H2,1-4H3,(H,18,19). The number of anilines is 1. The van der Waals surface area contributed by atoms with E-state index in [1.165, 1.54) is 0 Å². The second-order valence-electron chi connectivity index (χ2n) is 5.46. The molecule has 0 radical (unpaired) electrons. The van der Waals surface area contributed by atoms with E-state index in [1.807, 2.05) is 11.0 Å². The second-order valence-corrected chi connectivity index (χ2v) is 5.46. The fourth-order valence-electron chi connectivity index (χ4n) is 2.20. The monoisotopic (exact) mass is 291 g/mol. The first-order chi connectivity index (χ1) is 10.2. The van der Waals surface area contributed by atoms with Crippen LogP contribution in [0, 0.1) is 0 Å². The Kier molecular flexibility index (Phi) is 7.80. The molecule has 0 saturated carbocycles. The topological polar surface area (TPSA) is 45.2 Å². The van der Waals surface area contributed by atoms with E-state index in [-0.39, 0.29) is 11.9 Å².